The first-order valence-corrected chi connectivity index (χ1v) is 11.4. The molecule has 0 radical (unpaired) electrons. The highest BCUT2D eigenvalue weighted by Gasteiger charge is 2.28. The molecule has 1 atom stereocenters. The number of ether oxygens (including phenoxy) is 1. The molecular formula is C23H27N3O3S. The number of anilines is 1. The molecule has 1 fully saturated rings. The first-order valence-electron chi connectivity index (χ1n) is 10.5. The zero-order chi connectivity index (χ0) is 20.9. The van der Waals surface area contributed by atoms with Crippen molar-refractivity contribution in [2.45, 2.75) is 30.8 Å². The van der Waals surface area contributed by atoms with E-state index in [9.17, 15) is 9.59 Å². The fraction of sp³-hybridized carbons (Fsp3) is 0.391. The Kier molecular flexibility index (Phi) is 6.72. The van der Waals surface area contributed by atoms with Crippen molar-refractivity contribution in [3.05, 3.63) is 59.7 Å². The van der Waals surface area contributed by atoms with Crippen molar-refractivity contribution < 1.29 is 14.3 Å². The van der Waals surface area contributed by atoms with Crippen molar-refractivity contribution in [3.8, 4) is 0 Å². The lowest BCUT2D eigenvalue weighted by atomic mass is 10.1. The predicted molar refractivity (Wildman–Crippen MR) is 119 cm³/mol. The molecule has 2 heterocycles. The lowest BCUT2D eigenvalue weighted by molar-refractivity contribution is -0.130. The van der Waals surface area contributed by atoms with Crippen molar-refractivity contribution >= 4 is 29.3 Å². The van der Waals surface area contributed by atoms with Crippen molar-refractivity contribution in [1.29, 1.82) is 0 Å². The molecule has 7 heteroatoms. The largest absolute Gasteiger partial charge is 0.371 e. The number of nitrogens with one attached hydrogen (secondary N) is 1. The van der Waals surface area contributed by atoms with Crippen LogP contribution in [0.4, 0.5) is 5.69 Å². The topological polar surface area (TPSA) is 61.9 Å². The summed E-state index contributed by atoms with van der Waals surface area (Å²) in [4.78, 5) is 28.1. The van der Waals surface area contributed by atoms with Gasteiger partial charge in [0.2, 0.25) is 5.91 Å². The van der Waals surface area contributed by atoms with Crippen LogP contribution >= 0.6 is 11.8 Å². The fourth-order valence-electron chi connectivity index (χ4n) is 3.79. The van der Waals surface area contributed by atoms with Gasteiger partial charge in [0.15, 0.2) is 0 Å². The number of nitrogens with zero attached hydrogens (tertiary/aromatic N) is 2. The summed E-state index contributed by atoms with van der Waals surface area (Å²) in [6.45, 7) is 4.49. The molecule has 6 nitrogen and oxygen atoms in total. The van der Waals surface area contributed by atoms with Gasteiger partial charge in [-0.25, -0.2) is 5.01 Å². The first-order chi connectivity index (χ1) is 14.7. The molecule has 0 bridgehead atoms. The van der Waals surface area contributed by atoms with E-state index in [-0.39, 0.29) is 17.9 Å². The Bertz CT molecular complexity index is 906. The monoisotopic (exact) mass is 425 g/mol. The van der Waals surface area contributed by atoms with Gasteiger partial charge in [0.05, 0.1) is 18.4 Å². The molecule has 2 aromatic rings. The van der Waals surface area contributed by atoms with E-state index in [1.807, 2.05) is 47.2 Å². The predicted octanol–water partition coefficient (Wildman–Crippen LogP) is 3.64. The standard InChI is InChI=1S/C23H27N3O3S/c1-2-6-22(27)24-25-11-13-29-20(16-25)18-9-10-21-19(15-18)26(12-14-30-21)23(28)17-7-4-3-5-8-17/h3-5,7-10,15,20H,2,6,11-14,16H2,1H3,(H,24,27). The maximum absolute atomic E-state index is 13.1. The summed E-state index contributed by atoms with van der Waals surface area (Å²) in [5.41, 5.74) is 5.63. The highest BCUT2D eigenvalue weighted by molar-refractivity contribution is 7.99. The number of morpholine rings is 1. The molecule has 1 N–H and O–H groups in total. The summed E-state index contributed by atoms with van der Waals surface area (Å²) in [7, 11) is 0. The third-order valence-corrected chi connectivity index (χ3v) is 6.35. The first kappa shape index (κ1) is 20.9. The van der Waals surface area contributed by atoms with Crippen LogP contribution in [0, 0.1) is 0 Å². The Morgan fingerprint density at radius 3 is 2.80 bits per heavy atom. The molecular weight excluding hydrogens is 398 g/mol. The molecule has 158 valence electrons. The van der Waals surface area contributed by atoms with Crippen molar-refractivity contribution in [2.24, 2.45) is 0 Å². The van der Waals surface area contributed by atoms with Crippen LogP contribution < -0.4 is 10.3 Å². The third-order valence-electron chi connectivity index (χ3n) is 5.31. The molecule has 2 aromatic carbocycles. The Hall–Kier alpha value is -2.35. The smallest absolute Gasteiger partial charge is 0.258 e. The fourth-order valence-corrected chi connectivity index (χ4v) is 4.77. The molecule has 1 unspecified atom stereocenters. The summed E-state index contributed by atoms with van der Waals surface area (Å²) < 4.78 is 6.00. The number of carbonyl (C=O) groups is 2. The number of fused-ring (bicyclic) bond motifs is 1. The lowest BCUT2D eigenvalue weighted by Gasteiger charge is -2.34. The van der Waals surface area contributed by atoms with Crippen LogP contribution in [0.25, 0.3) is 0 Å². The second-order valence-electron chi connectivity index (χ2n) is 7.49. The minimum absolute atomic E-state index is 0.0207. The number of rotatable bonds is 5. The van der Waals surface area contributed by atoms with E-state index in [0.29, 0.717) is 38.2 Å². The number of thioether (sulfide) groups is 1. The molecule has 0 spiro atoms. The van der Waals surface area contributed by atoms with E-state index >= 15 is 0 Å². The Balaban J connectivity index is 1.54. The molecule has 1 saturated heterocycles. The van der Waals surface area contributed by atoms with Gasteiger partial charge in [-0.15, -0.1) is 11.8 Å². The molecule has 2 aliphatic rings. The summed E-state index contributed by atoms with van der Waals surface area (Å²) >= 11 is 1.77. The minimum Gasteiger partial charge on any atom is -0.371 e. The summed E-state index contributed by atoms with van der Waals surface area (Å²) in [6, 6.07) is 15.6. The van der Waals surface area contributed by atoms with Gasteiger partial charge in [0.25, 0.3) is 5.91 Å². The van der Waals surface area contributed by atoms with Gasteiger partial charge in [0, 0.05) is 42.3 Å². The van der Waals surface area contributed by atoms with E-state index < -0.39 is 0 Å². The molecule has 2 aliphatic heterocycles. The van der Waals surface area contributed by atoms with E-state index in [1.54, 1.807) is 11.8 Å². The Morgan fingerprint density at radius 2 is 2.00 bits per heavy atom. The van der Waals surface area contributed by atoms with Crippen LogP contribution in [0.2, 0.25) is 0 Å². The van der Waals surface area contributed by atoms with Crippen LogP contribution in [0.15, 0.2) is 53.4 Å². The van der Waals surface area contributed by atoms with Gasteiger partial charge >= 0.3 is 0 Å². The van der Waals surface area contributed by atoms with E-state index in [1.165, 1.54) is 0 Å². The van der Waals surface area contributed by atoms with Gasteiger partial charge in [-0.05, 0) is 36.2 Å². The average molecular weight is 426 g/mol. The number of hydrogen-bond acceptors (Lipinski definition) is 5. The maximum Gasteiger partial charge on any atom is 0.258 e. The maximum atomic E-state index is 13.1. The third kappa shape index (κ3) is 4.69. The molecule has 0 aliphatic carbocycles. The quantitative estimate of drug-likeness (QED) is 0.792. The summed E-state index contributed by atoms with van der Waals surface area (Å²) in [5.74, 6) is 0.939. The number of hydrazine groups is 1. The Labute approximate surface area is 181 Å². The molecule has 0 saturated carbocycles. The number of hydrogen-bond donors (Lipinski definition) is 1. The number of amides is 2. The van der Waals surface area contributed by atoms with E-state index in [2.05, 4.69) is 23.6 Å². The zero-order valence-electron chi connectivity index (χ0n) is 17.2. The van der Waals surface area contributed by atoms with Gasteiger partial charge in [-0.1, -0.05) is 31.2 Å². The highest BCUT2D eigenvalue weighted by Crippen LogP contribution is 2.38. The van der Waals surface area contributed by atoms with Crippen LogP contribution in [0.1, 0.15) is 41.8 Å². The SMILES string of the molecule is CCCC(=O)NN1CCOC(c2ccc3c(c2)N(C(=O)c2ccccc2)CCS3)C1. The second kappa shape index (κ2) is 9.64. The van der Waals surface area contributed by atoms with E-state index in [0.717, 1.165) is 28.3 Å². The van der Waals surface area contributed by atoms with Crippen molar-refractivity contribution in [2.75, 3.05) is 36.9 Å². The average Bonchev–Trinajstić information content (AvgIpc) is 2.79. The summed E-state index contributed by atoms with van der Waals surface area (Å²) in [5, 5.41) is 1.94. The van der Waals surface area contributed by atoms with Crippen LogP contribution in [0.5, 0.6) is 0 Å². The normalized spacial score (nSPS) is 19.2. The molecule has 0 aromatic heterocycles. The highest BCUT2D eigenvalue weighted by atomic mass is 32.2. The summed E-state index contributed by atoms with van der Waals surface area (Å²) in [6.07, 6.45) is 1.20. The zero-order valence-corrected chi connectivity index (χ0v) is 18.0. The van der Waals surface area contributed by atoms with Gasteiger partial charge in [-0.3, -0.25) is 15.0 Å². The van der Waals surface area contributed by atoms with Gasteiger partial charge in [-0.2, -0.15) is 0 Å². The van der Waals surface area contributed by atoms with Gasteiger partial charge < -0.3 is 9.64 Å². The second-order valence-corrected chi connectivity index (χ2v) is 8.63. The number of carbonyl (C=O) groups excluding carboxylic acids is 2. The minimum atomic E-state index is -0.147. The molecule has 4 rings (SSSR count). The number of benzene rings is 2. The van der Waals surface area contributed by atoms with Crippen LogP contribution in [-0.2, 0) is 9.53 Å². The molecule has 30 heavy (non-hydrogen) atoms. The van der Waals surface area contributed by atoms with Crippen LogP contribution in [-0.4, -0.2) is 48.8 Å². The van der Waals surface area contributed by atoms with E-state index in [4.69, 9.17) is 4.74 Å². The van der Waals surface area contributed by atoms with Crippen molar-refractivity contribution in [3.63, 3.8) is 0 Å². The Morgan fingerprint density at radius 1 is 1.17 bits per heavy atom. The van der Waals surface area contributed by atoms with Crippen molar-refractivity contribution in [1.82, 2.24) is 10.4 Å². The lowest BCUT2D eigenvalue weighted by Crippen LogP contribution is -2.49. The van der Waals surface area contributed by atoms with Gasteiger partial charge in [0.1, 0.15) is 0 Å². The van der Waals surface area contributed by atoms with Crippen LogP contribution in [0.3, 0.4) is 0 Å². The molecule has 2 amide bonds.